The zero-order valence-corrected chi connectivity index (χ0v) is 44.6. The SMILES string of the molecule is CCC(=O)[C@H](C)NC(=O)[C@H](C)CC(=O)[C@H](CO)NC(=O)[C@H](CCCN=C(N)N)CC(=O)[C@H](CCCN=C(N)N)NC(=O)[C@H](CCCCN)CC(=O)[C@H](CCC(=O)O)NC(=O)[C@H](CCCN=C(N)N)CC(=O)[C@H](CO)NC. The van der Waals surface area contributed by atoms with Crippen LogP contribution in [-0.2, 0) is 47.9 Å². The van der Waals surface area contributed by atoms with Gasteiger partial charge < -0.3 is 82.0 Å². The second kappa shape index (κ2) is 38.8. The molecule has 0 aliphatic rings. The Labute approximate surface area is 444 Å². The van der Waals surface area contributed by atoms with Crippen molar-refractivity contribution in [3.8, 4) is 0 Å². The Balaban J connectivity index is 6.94. The van der Waals surface area contributed by atoms with E-state index < -0.39 is 152 Å². The number of unbranched alkanes of at least 4 members (excludes halogenated alkanes) is 1. The van der Waals surface area contributed by atoms with Crippen LogP contribution in [0, 0.1) is 23.7 Å². The molecule has 0 radical (unpaired) electrons. The molecule has 0 bridgehead atoms. The van der Waals surface area contributed by atoms with E-state index in [4.69, 9.17) is 40.1 Å². The molecule has 22 N–H and O–H groups in total. The van der Waals surface area contributed by atoms with Gasteiger partial charge in [0, 0.05) is 81.8 Å². The highest BCUT2D eigenvalue weighted by molar-refractivity contribution is 5.98. The summed E-state index contributed by atoms with van der Waals surface area (Å²) in [5, 5.41) is 42.5. The van der Waals surface area contributed by atoms with Crippen LogP contribution in [0.5, 0.6) is 0 Å². The third-order valence-electron chi connectivity index (χ3n) is 12.4. The molecule has 28 heteroatoms. The van der Waals surface area contributed by atoms with E-state index in [9.17, 15) is 63.3 Å². The van der Waals surface area contributed by atoms with Gasteiger partial charge in [-0.1, -0.05) is 20.3 Å². The highest BCUT2D eigenvalue weighted by Gasteiger charge is 2.35. The number of aliphatic carboxylic acids is 1. The Morgan fingerprint density at radius 1 is 0.474 bits per heavy atom. The fourth-order valence-corrected chi connectivity index (χ4v) is 7.89. The Hall–Kier alpha value is -6.65. The van der Waals surface area contributed by atoms with Gasteiger partial charge in [0.1, 0.15) is 6.04 Å². The van der Waals surface area contributed by atoms with Crippen LogP contribution in [0.4, 0.5) is 0 Å². The van der Waals surface area contributed by atoms with Gasteiger partial charge in [-0.2, -0.15) is 0 Å². The summed E-state index contributed by atoms with van der Waals surface area (Å²) in [5.41, 5.74) is 38.6. The van der Waals surface area contributed by atoms with Crippen molar-refractivity contribution in [3.05, 3.63) is 0 Å². The first-order valence-corrected chi connectivity index (χ1v) is 25.7. The Morgan fingerprint density at radius 3 is 1.24 bits per heavy atom. The molecule has 9 atom stereocenters. The topological polar surface area (TPSA) is 511 Å². The molecule has 0 unspecified atom stereocenters. The molecule has 432 valence electrons. The number of Topliss-reactive ketones (excluding diaryl/α,β-unsaturated/α-hetero) is 5. The number of nitrogens with two attached hydrogens (primary N) is 7. The van der Waals surface area contributed by atoms with Crippen molar-refractivity contribution >= 4 is 76.4 Å². The Bertz CT molecular complexity index is 1990. The summed E-state index contributed by atoms with van der Waals surface area (Å²) in [7, 11) is 1.45. The van der Waals surface area contributed by atoms with Gasteiger partial charge in [-0.25, -0.2) is 0 Å². The molecule has 28 nitrogen and oxygen atoms in total. The molecule has 0 fully saturated rings. The van der Waals surface area contributed by atoms with E-state index in [1.54, 1.807) is 6.92 Å². The molecule has 0 spiro atoms. The van der Waals surface area contributed by atoms with E-state index in [-0.39, 0.29) is 108 Å². The lowest BCUT2D eigenvalue weighted by Gasteiger charge is -2.26. The van der Waals surface area contributed by atoms with E-state index >= 15 is 0 Å². The highest BCUT2D eigenvalue weighted by atomic mass is 16.4. The number of carboxylic acid groups (broad SMARTS) is 1. The number of nitrogens with one attached hydrogen (secondary N) is 5. The van der Waals surface area contributed by atoms with Gasteiger partial charge in [0.15, 0.2) is 46.8 Å². The molecule has 0 aromatic carbocycles. The van der Waals surface area contributed by atoms with E-state index in [0.717, 1.165) is 0 Å². The van der Waals surface area contributed by atoms with Gasteiger partial charge in [-0.15, -0.1) is 0 Å². The van der Waals surface area contributed by atoms with Crippen LogP contribution in [0.25, 0.3) is 0 Å². The molecule has 0 aliphatic carbocycles. The first-order chi connectivity index (χ1) is 35.8. The number of carboxylic acids is 1. The van der Waals surface area contributed by atoms with Gasteiger partial charge in [0.05, 0.1) is 37.4 Å². The van der Waals surface area contributed by atoms with Crippen LogP contribution in [0.3, 0.4) is 0 Å². The first-order valence-electron chi connectivity index (χ1n) is 25.7. The van der Waals surface area contributed by atoms with Crippen molar-refractivity contribution < 1.29 is 63.3 Å². The average Bonchev–Trinajstić information content (AvgIpc) is 3.35. The molecular weight excluding hydrogens is 995 g/mol. The van der Waals surface area contributed by atoms with E-state index in [1.165, 1.54) is 20.9 Å². The van der Waals surface area contributed by atoms with Crippen molar-refractivity contribution in [2.75, 3.05) is 46.4 Å². The highest BCUT2D eigenvalue weighted by Crippen LogP contribution is 2.22. The van der Waals surface area contributed by atoms with E-state index in [2.05, 4.69) is 41.6 Å². The standard InChI is InChI=1S/C48H87N15O13/c1-5-36(66)28(3)60-42(73)27(2)21-37(67)35(26-65)63-45(76)30(12-8-18-57-46(50)51)23-38(68)32(14-10-20-59-48(54)55)61-43(74)29(11-6-7-17-49)22-39(69)33(15-16-41(71)72)62-44(75)31(13-9-19-58-47(52)53)24-40(70)34(25-64)56-4/h27-35,56,64-65H,5-26,49H2,1-4H3,(H,60,73)(H,61,74)(H,62,75)(H,63,76)(H,71,72)(H4,50,51,57)(H4,52,53,58)(H4,54,55,59)/t27-,28+,29-,30-,31-,32+,33+,34+,35+/m1/s1. The summed E-state index contributed by atoms with van der Waals surface area (Å²) < 4.78 is 0. The molecular formula is C48H87N15O13. The molecule has 76 heavy (non-hydrogen) atoms. The molecule has 0 heterocycles. The van der Waals surface area contributed by atoms with Crippen LogP contribution < -0.4 is 66.7 Å². The van der Waals surface area contributed by atoms with Crippen LogP contribution in [-0.4, -0.2) is 168 Å². The summed E-state index contributed by atoms with van der Waals surface area (Å²) in [6.07, 6.45) is -1.35. The molecule has 0 saturated carbocycles. The van der Waals surface area contributed by atoms with Crippen molar-refractivity contribution in [3.63, 3.8) is 0 Å². The van der Waals surface area contributed by atoms with Gasteiger partial charge >= 0.3 is 5.97 Å². The fraction of sp³-hybridized carbons (Fsp3) is 0.729. The summed E-state index contributed by atoms with van der Waals surface area (Å²) >= 11 is 0. The summed E-state index contributed by atoms with van der Waals surface area (Å²) in [6.45, 7) is 3.54. The number of aliphatic imine (C=N–C) groups is 3. The minimum Gasteiger partial charge on any atom is -0.481 e. The number of rotatable bonds is 44. The second-order valence-electron chi connectivity index (χ2n) is 18.7. The van der Waals surface area contributed by atoms with Crippen LogP contribution in [0.15, 0.2) is 15.0 Å². The summed E-state index contributed by atoms with van der Waals surface area (Å²) in [5.74, 6) is -12.1. The van der Waals surface area contributed by atoms with Crippen molar-refractivity contribution in [2.45, 2.75) is 154 Å². The molecule has 0 aromatic rings. The number of amides is 4. The normalized spacial score (nSPS) is 14.6. The number of nitrogens with zero attached hydrogens (tertiary/aromatic N) is 3. The van der Waals surface area contributed by atoms with Crippen LogP contribution in [0.1, 0.15) is 124 Å². The minimum atomic E-state index is -1.50. The monoisotopic (exact) mass is 1080 g/mol. The smallest absolute Gasteiger partial charge is 0.303 e. The molecule has 0 rings (SSSR count). The lowest BCUT2D eigenvalue weighted by molar-refractivity contribution is -0.139. The lowest BCUT2D eigenvalue weighted by atomic mass is 9.88. The number of likely N-dealkylation sites (N-methyl/N-ethyl adjacent to an activating group) is 1. The van der Waals surface area contributed by atoms with Gasteiger partial charge in [0.2, 0.25) is 23.6 Å². The first kappa shape index (κ1) is 69.3. The Kier molecular flexibility index (Phi) is 35.4. The van der Waals surface area contributed by atoms with E-state index in [1.807, 2.05) is 0 Å². The molecule has 4 amide bonds. The summed E-state index contributed by atoms with van der Waals surface area (Å²) in [4.78, 5) is 146. The van der Waals surface area contributed by atoms with Crippen molar-refractivity contribution in [1.82, 2.24) is 26.6 Å². The zero-order chi connectivity index (χ0) is 57.9. The Morgan fingerprint density at radius 2 is 0.855 bits per heavy atom. The number of hydrogen-bond acceptors (Lipinski definition) is 17. The number of carbonyl (C=O) groups is 10. The minimum absolute atomic E-state index is 0.0227. The lowest BCUT2D eigenvalue weighted by Crippen LogP contribution is -2.49. The number of guanidine groups is 3. The molecule has 0 aliphatic heterocycles. The van der Waals surface area contributed by atoms with Crippen molar-refractivity contribution in [1.29, 1.82) is 0 Å². The van der Waals surface area contributed by atoms with Gasteiger partial charge in [0.25, 0.3) is 0 Å². The third-order valence-corrected chi connectivity index (χ3v) is 12.4. The number of aliphatic hydroxyl groups excluding tert-OH is 2. The third kappa shape index (κ3) is 29.4. The zero-order valence-electron chi connectivity index (χ0n) is 44.6. The predicted molar refractivity (Wildman–Crippen MR) is 283 cm³/mol. The average molecular weight is 1080 g/mol. The largest absolute Gasteiger partial charge is 0.481 e. The van der Waals surface area contributed by atoms with Crippen molar-refractivity contribution in [2.24, 2.45) is 78.8 Å². The fourth-order valence-electron chi connectivity index (χ4n) is 7.89. The number of ketones is 5. The van der Waals surface area contributed by atoms with Gasteiger partial charge in [-0.3, -0.25) is 62.9 Å². The van der Waals surface area contributed by atoms with E-state index in [0.29, 0.717) is 12.8 Å². The number of aliphatic hydroxyl groups is 2. The number of carbonyl (C=O) groups excluding carboxylic acids is 9. The summed E-state index contributed by atoms with van der Waals surface area (Å²) in [6, 6.07) is -6.08. The predicted octanol–water partition coefficient (Wildman–Crippen LogP) is -4.03. The number of hydrogen-bond donors (Lipinski definition) is 15. The van der Waals surface area contributed by atoms with Gasteiger partial charge in [-0.05, 0) is 78.3 Å². The van der Waals surface area contributed by atoms with Crippen LogP contribution >= 0.6 is 0 Å². The quantitative estimate of drug-likeness (QED) is 0.0157. The molecule has 0 saturated heterocycles. The maximum Gasteiger partial charge on any atom is 0.303 e. The maximum atomic E-state index is 14.4. The molecule has 0 aromatic heterocycles. The maximum absolute atomic E-state index is 14.4. The second-order valence-corrected chi connectivity index (χ2v) is 18.7. The van der Waals surface area contributed by atoms with Crippen LogP contribution in [0.2, 0.25) is 0 Å².